The summed E-state index contributed by atoms with van der Waals surface area (Å²) in [4.78, 5) is 24.4. The third-order valence-corrected chi connectivity index (χ3v) is 6.70. The number of anilines is 1. The second kappa shape index (κ2) is 8.28. The minimum Gasteiger partial charge on any atom is -0.473 e. The molecular formula is C24H25FN8O. The van der Waals surface area contributed by atoms with Crippen molar-refractivity contribution in [2.24, 2.45) is 5.92 Å². The van der Waals surface area contributed by atoms with Gasteiger partial charge in [-0.1, -0.05) is 6.07 Å². The Hall–Kier alpha value is -3.66. The van der Waals surface area contributed by atoms with E-state index in [0.717, 1.165) is 18.3 Å². The molecule has 4 aromatic heterocycles. The summed E-state index contributed by atoms with van der Waals surface area (Å²) in [5.74, 6) is 2.14. The maximum atomic E-state index is 13.9. The van der Waals surface area contributed by atoms with Gasteiger partial charge in [-0.3, -0.25) is 9.88 Å². The minimum absolute atomic E-state index is 0.202. The second-order valence-corrected chi connectivity index (χ2v) is 9.04. The highest BCUT2D eigenvalue weighted by atomic mass is 19.1. The highest BCUT2D eigenvalue weighted by Crippen LogP contribution is 2.31. The number of hydrogen-bond acceptors (Lipinski definition) is 8. The predicted octanol–water partition coefficient (Wildman–Crippen LogP) is 2.83. The van der Waals surface area contributed by atoms with Gasteiger partial charge in [0.1, 0.15) is 23.6 Å². The van der Waals surface area contributed by atoms with Crippen molar-refractivity contribution in [3.63, 3.8) is 0 Å². The number of nitrogens with zero attached hydrogens (tertiary/aromatic N) is 7. The van der Waals surface area contributed by atoms with Crippen LogP contribution in [0.1, 0.15) is 24.2 Å². The zero-order chi connectivity index (χ0) is 23.2. The lowest BCUT2D eigenvalue weighted by molar-refractivity contribution is -0.00994. The number of aryl methyl sites for hydroxylation is 1. The molecule has 0 aromatic carbocycles. The molecule has 1 atom stereocenters. The van der Waals surface area contributed by atoms with Crippen LogP contribution in [0.25, 0.3) is 22.6 Å². The number of nitrogens with two attached hydrogens (primary N) is 1. The molecule has 3 fully saturated rings. The molecule has 10 heteroatoms. The molecule has 4 aromatic rings. The molecular weight excluding hydrogens is 435 g/mol. The Bertz CT molecular complexity index is 1350. The molecule has 2 N–H and O–H groups in total. The molecule has 0 aliphatic carbocycles. The highest BCUT2D eigenvalue weighted by Gasteiger charge is 2.35. The molecule has 174 valence electrons. The lowest BCUT2D eigenvalue weighted by atomic mass is 9.86. The summed E-state index contributed by atoms with van der Waals surface area (Å²) in [7, 11) is 0. The number of rotatable bonds is 5. The van der Waals surface area contributed by atoms with Gasteiger partial charge in [0.25, 0.3) is 0 Å². The van der Waals surface area contributed by atoms with Crippen LogP contribution in [0, 0.1) is 18.7 Å². The lowest BCUT2D eigenvalue weighted by Gasteiger charge is -2.44. The highest BCUT2D eigenvalue weighted by molar-refractivity contribution is 5.85. The van der Waals surface area contributed by atoms with Crippen molar-refractivity contribution in [1.82, 2.24) is 34.4 Å². The Morgan fingerprint density at radius 1 is 1.12 bits per heavy atom. The van der Waals surface area contributed by atoms with Gasteiger partial charge in [0.05, 0.1) is 12.7 Å². The fourth-order valence-electron chi connectivity index (χ4n) is 5.00. The summed E-state index contributed by atoms with van der Waals surface area (Å²) in [5.41, 5.74) is 8.64. The van der Waals surface area contributed by atoms with Gasteiger partial charge >= 0.3 is 0 Å². The van der Waals surface area contributed by atoms with Crippen LogP contribution in [0.15, 0.2) is 36.8 Å². The number of fused-ring (bicyclic) bond motifs is 4. The summed E-state index contributed by atoms with van der Waals surface area (Å²) in [6, 6.07) is 5.29. The molecule has 7 heterocycles. The summed E-state index contributed by atoms with van der Waals surface area (Å²) in [5, 5.41) is 0. The van der Waals surface area contributed by atoms with Gasteiger partial charge in [-0.2, -0.15) is 0 Å². The summed E-state index contributed by atoms with van der Waals surface area (Å²) < 4.78 is 22.0. The zero-order valence-corrected chi connectivity index (χ0v) is 18.9. The van der Waals surface area contributed by atoms with E-state index in [9.17, 15) is 4.39 Å². The Morgan fingerprint density at radius 2 is 1.97 bits per heavy atom. The van der Waals surface area contributed by atoms with E-state index in [1.54, 1.807) is 19.3 Å². The molecule has 3 aliphatic rings. The summed E-state index contributed by atoms with van der Waals surface area (Å²) in [6.07, 6.45) is 7.12. The van der Waals surface area contributed by atoms with Gasteiger partial charge in [0, 0.05) is 30.6 Å². The first-order valence-electron chi connectivity index (χ1n) is 11.5. The standard InChI is InChI=1S/C24H25FN8O/c1-14-29-22(26)21-24(30-14)33(23(31-21)17-8-18(25)11-27-10-17)12-15-2-3-20(28-9-15)34-19-13-32-6-4-16(19)5-7-32/h2-3,8-11,16,19H,4-7,12-13H2,1H3,(H2,26,29,30)/t19-/m1/s1. The number of aromatic nitrogens is 6. The van der Waals surface area contributed by atoms with E-state index in [1.165, 1.54) is 32.0 Å². The molecule has 3 saturated heterocycles. The van der Waals surface area contributed by atoms with Gasteiger partial charge in [0.15, 0.2) is 17.0 Å². The van der Waals surface area contributed by atoms with E-state index in [2.05, 4.69) is 29.8 Å². The number of pyridine rings is 2. The van der Waals surface area contributed by atoms with Crippen LogP contribution in [-0.4, -0.2) is 60.1 Å². The number of halogens is 1. The lowest BCUT2D eigenvalue weighted by Crippen LogP contribution is -2.52. The Labute approximate surface area is 195 Å². The number of ether oxygens (including phenoxy) is 1. The predicted molar refractivity (Wildman–Crippen MR) is 125 cm³/mol. The van der Waals surface area contributed by atoms with E-state index in [0.29, 0.717) is 46.7 Å². The first kappa shape index (κ1) is 20.9. The zero-order valence-electron chi connectivity index (χ0n) is 18.9. The van der Waals surface area contributed by atoms with Gasteiger partial charge in [-0.15, -0.1) is 0 Å². The first-order valence-corrected chi connectivity index (χ1v) is 11.5. The van der Waals surface area contributed by atoms with Gasteiger partial charge < -0.3 is 15.0 Å². The van der Waals surface area contributed by atoms with Crippen molar-refractivity contribution < 1.29 is 9.13 Å². The van der Waals surface area contributed by atoms with Crippen molar-refractivity contribution in [3.05, 3.63) is 54.0 Å². The van der Waals surface area contributed by atoms with Crippen molar-refractivity contribution in [3.8, 4) is 17.3 Å². The number of hydrogen-bond donors (Lipinski definition) is 1. The van der Waals surface area contributed by atoms with Crippen LogP contribution in [-0.2, 0) is 6.54 Å². The monoisotopic (exact) mass is 460 g/mol. The van der Waals surface area contributed by atoms with Gasteiger partial charge in [0.2, 0.25) is 5.88 Å². The maximum absolute atomic E-state index is 13.9. The molecule has 2 bridgehead atoms. The van der Waals surface area contributed by atoms with Crippen molar-refractivity contribution >= 4 is 17.0 Å². The average molecular weight is 461 g/mol. The van der Waals surface area contributed by atoms with Crippen molar-refractivity contribution in [2.45, 2.75) is 32.4 Å². The largest absolute Gasteiger partial charge is 0.473 e. The van der Waals surface area contributed by atoms with Crippen LogP contribution in [0.4, 0.5) is 10.2 Å². The van der Waals surface area contributed by atoms with Crippen LogP contribution < -0.4 is 10.5 Å². The van der Waals surface area contributed by atoms with Crippen molar-refractivity contribution in [2.75, 3.05) is 25.4 Å². The molecule has 0 spiro atoms. The van der Waals surface area contributed by atoms with Crippen LogP contribution in [0.3, 0.4) is 0 Å². The van der Waals surface area contributed by atoms with Gasteiger partial charge in [-0.25, -0.2) is 24.3 Å². The third-order valence-electron chi connectivity index (χ3n) is 6.70. The van der Waals surface area contributed by atoms with Crippen LogP contribution in [0.5, 0.6) is 5.88 Å². The molecule has 7 rings (SSSR count). The third kappa shape index (κ3) is 3.83. The molecule has 3 aliphatic heterocycles. The first-order chi connectivity index (χ1) is 16.5. The Balaban J connectivity index is 1.31. The number of imidazole rings is 1. The van der Waals surface area contributed by atoms with Crippen LogP contribution in [0.2, 0.25) is 0 Å². The molecule has 0 unspecified atom stereocenters. The van der Waals surface area contributed by atoms with E-state index in [-0.39, 0.29) is 11.9 Å². The number of nitrogen functional groups attached to an aromatic ring is 1. The van der Waals surface area contributed by atoms with E-state index in [1.807, 2.05) is 16.7 Å². The molecule has 9 nitrogen and oxygen atoms in total. The van der Waals surface area contributed by atoms with Gasteiger partial charge in [-0.05, 0) is 50.4 Å². The minimum atomic E-state index is -0.442. The summed E-state index contributed by atoms with van der Waals surface area (Å²) in [6.45, 7) is 5.52. The summed E-state index contributed by atoms with van der Waals surface area (Å²) >= 11 is 0. The van der Waals surface area contributed by atoms with Crippen molar-refractivity contribution in [1.29, 1.82) is 0 Å². The Kier molecular flexibility index (Phi) is 5.09. The topological polar surface area (TPSA) is 108 Å². The fraction of sp³-hybridized carbons (Fsp3) is 0.375. The fourth-order valence-corrected chi connectivity index (χ4v) is 5.00. The molecule has 0 radical (unpaired) electrons. The average Bonchev–Trinajstić information content (AvgIpc) is 3.20. The quantitative estimate of drug-likeness (QED) is 0.484. The molecule has 34 heavy (non-hydrogen) atoms. The SMILES string of the molecule is Cc1nc(N)c2nc(-c3cncc(F)c3)n(Cc3ccc(O[C@@H]4CN5CCC4CC5)nc3)c2n1. The van der Waals surface area contributed by atoms with Crippen LogP contribution >= 0.6 is 0 Å². The second-order valence-electron chi connectivity index (χ2n) is 9.04. The maximum Gasteiger partial charge on any atom is 0.213 e. The Morgan fingerprint density at radius 3 is 2.68 bits per heavy atom. The number of piperidine rings is 3. The smallest absolute Gasteiger partial charge is 0.213 e. The van der Waals surface area contributed by atoms with E-state index >= 15 is 0 Å². The van der Waals surface area contributed by atoms with E-state index < -0.39 is 5.82 Å². The molecule has 0 saturated carbocycles. The normalized spacial score (nSPS) is 21.8. The molecule has 0 amide bonds. The van der Waals surface area contributed by atoms with E-state index in [4.69, 9.17) is 10.5 Å².